The lowest BCUT2D eigenvalue weighted by atomic mass is 9.90. The van der Waals surface area contributed by atoms with Gasteiger partial charge in [0, 0.05) is 25.2 Å². The summed E-state index contributed by atoms with van der Waals surface area (Å²) in [6, 6.07) is 4.75. The molecular formula is C12H20N2O. The first-order valence-electron chi connectivity index (χ1n) is 5.73. The van der Waals surface area contributed by atoms with Crippen molar-refractivity contribution in [2.45, 2.75) is 44.7 Å². The Balaban J connectivity index is 2.09. The number of hydrogen-bond acceptors (Lipinski definition) is 3. The molecule has 1 heterocycles. The van der Waals surface area contributed by atoms with Crippen LogP contribution in [0.25, 0.3) is 0 Å². The number of likely N-dealkylation sites (N-methyl/N-ethyl adjacent to an activating group) is 1. The summed E-state index contributed by atoms with van der Waals surface area (Å²) in [4.78, 5) is 2.19. The lowest BCUT2D eigenvalue weighted by Crippen LogP contribution is -2.48. The van der Waals surface area contributed by atoms with Gasteiger partial charge in [-0.3, -0.25) is 0 Å². The van der Waals surface area contributed by atoms with E-state index in [-0.39, 0.29) is 6.04 Å². The van der Waals surface area contributed by atoms with Crippen LogP contribution in [0.3, 0.4) is 0 Å². The molecule has 3 heteroatoms. The molecule has 2 unspecified atom stereocenters. The summed E-state index contributed by atoms with van der Waals surface area (Å²) in [7, 11) is 2.08. The van der Waals surface area contributed by atoms with Gasteiger partial charge in [0.05, 0.1) is 0 Å². The zero-order chi connectivity index (χ0) is 10.8. The molecule has 1 aliphatic carbocycles. The molecule has 0 bridgehead atoms. The van der Waals surface area contributed by atoms with Crippen LogP contribution in [0, 0.1) is 6.92 Å². The predicted molar refractivity (Wildman–Crippen MR) is 62.1 cm³/mol. The highest BCUT2D eigenvalue weighted by Gasteiger charge is 2.26. The fourth-order valence-corrected chi connectivity index (χ4v) is 2.40. The Bertz CT molecular complexity index is 321. The molecule has 2 atom stereocenters. The molecule has 0 saturated heterocycles. The Morgan fingerprint density at radius 1 is 1.33 bits per heavy atom. The number of nitrogens with zero attached hydrogens (tertiary/aromatic N) is 1. The third kappa shape index (κ3) is 2.17. The maximum atomic E-state index is 6.14. The number of anilines is 1. The fraction of sp³-hybridized carbons (Fsp3) is 0.667. The van der Waals surface area contributed by atoms with Crippen LogP contribution in [0.2, 0.25) is 0 Å². The highest BCUT2D eigenvalue weighted by Crippen LogP contribution is 2.26. The smallest absolute Gasteiger partial charge is 0.195 e. The number of nitrogens with two attached hydrogens (primary N) is 1. The third-order valence-electron chi connectivity index (χ3n) is 3.35. The van der Waals surface area contributed by atoms with E-state index in [1.807, 2.05) is 19.1 Å². The number of rotatable bonds is 2. The molecule has 1 aromatic rings. The molecule has 15 heavy (non-hydrogen) atoms. The largest absolute Gasteiger partial charge is 0.446 e. The lowest BCUT2D eigenvalue weighted by Gasteiger charge is -2.35. The quantitative estimate of drug-likeness (QED) is 0.811. The summed E-state index contributed by atoms with van der Waals surface area (Å²) in [5.74, 6) is 1.90. The molecule has 0 amide bonds. The molecule has 0 radical (unpaired) electrons. The van der Waals surface area contributed by atoms with Crippen molar-refractivity contribution < 1.29 is 4.42 Å². The van der Waals surface area contributed by atoms with Crippen LogP contribution in [0.4, 0.5) is 5.88 Å². The summed E-state index contributed by atoms with van der Waals surface area (Å²) in [6.07, 6.45) is 4.86. The van der Waals surface area contributed by atoms with Crippen LogP contribution >= 0.6 is 0 Å². The summed E-state index contributed by atoms with van der Waals surface area (Å²) >= 11 is 0. The van der Waals surface area contributed by atoms with Gasteiger partial charge in [-0.15, -0.1) is 0 Å². The van der Waals surface area contributed by atoms with E-state index in [9.17, 15) is 0 Å². The van der Waals surface area contributed by atoms with Crippen LogP contribution in [0.5, 0.6) is 0 Å². The SMILES string of the molecule is Cc1ccc(N(C)C2CCCCC2N)o1. The van der Waals surface area contributed by atoms with Crippen LogP contribution < -0.4 is 10.6 Å². The molecule has 1 aromatic heterocycles. The van der Waals surface area contributed by atoms with Gasteiger partial charge in [-0.25, -0.2) is 0 Å². The molecule has 2 N–H and O–H groups in total. The molecule has 1 aliphatic rings. The Hall–Kier alpha value is -0.960. The summed E-state index contributed by atoms with van der Waals surface area (Å²) < 4.78 is 5.62. The maximum absolute atomic E-state index is 6.14. The monoisotopic (exact) mass is 208 g/mol. The summed E-state index contributed by atoms with van der Waals surface area (Å²) in [6.45, 7) is 1.97. The van der Waals surface area contributed by atoms with Gasteiger partial charge in [-0.05, 0) is 25.8 Å². The van der Waals surface area contributed by atoms with Crippen LogP contribution in [0.1, 0.15) is 31.4 Å². The van der Waals surface area contributed by atoms with Gasteiger partial charge in [-0.2, -0.15) is 0 Å². The predicted octanol–water partition coefficient (Wildman–Crippen LogP) is 2.29. The summed E-state index contributed by atoms with van der Waals surface area (Å²) in [5.41, 5.74) is 6.14. The maximum Gasteiger partial charge on any atom is 0.195 e. The second-order valence-electron chi connectivity index (χ2n) is 4.51. The standard InChI is InChI=1S/C12H20N2O/c1-9-7-8-12(15-9)14(2)11-6-4-3-5-10(11)13/h7-8,10-11H,3-6,13H2,1-2H3. The van der Waals surface area contributed by atoms with Gasteiger partial charge in [-0.1, -0.05) is 12.8 Å². The zero-order valence-electron chi connectivity index (χ0n) is 9.57. The fourth-order valence-electron chi connectivity index (χ4n) is 2.40. The zero-order valence-corrected chi connectivity index (χ0v) is 9.57. The average Bonchev–Trinajstić information content (AvgIpc) is 2.65. The molecule has 0 aliphatic heterocycles. The Kier molecular flexibility index (Phi) is 3.00. The molecule has 1 saturated carbocycles. The van der Waals surface area contributed by atoms with Gasteiger partial charge < -0.3 is 15.1 Å². The minimum absolute atomic E-state index is 0.286. The van der Waals surface area contributed by atoms with Gasteiger partial charge in [0.15, 0.2) is 5.88 Å². The topological polar surface area (TPSA) is 42.4 Å². The van der Waals surface area contributed by atoms with Crippen molar-refractivity contribution in [2.75, 3.05) is 11.9 Å². The Morgan fingerprint density at radius 3 is 2.67 bits per heavy atom. The van der Waals surface area contributed by atoms with Crippen molar-refractivity contribution >= 4 is 5.88 Å². The second-order valence-corrected chi connectivity index (χ2v) is 4.51. The first-order chi connectivity index (χ1) is 7.18. The van der Waals surface area contributed by atoms with Crippen molar-refractivity contribution in [3.63, 3.8) is 0 Å². The van der Waals surface area contributed by atoms with Crippen molar-refractivity contribution in [2.24, 2.45) is 5.73 Å². The van der Waals surface area contributed by atoms with Crippen molar-refractivity contribution in [3.05, 3.63) is 17.9 Å². The van der Waals surface area contributed by atoms with Crippen LogP contribution in [-0.4, -0.2) is 19.1 Å². The molecule has 1 fully saturated rings. The third-order valence-corrected chi connectivity index (χ3v) is 3.35. The Morgan fingerprint density at radius 2 is 2.07 bits per heavy atom. The van der Waals surface area contributed by atoms with E-state index in [1.54, 1.807) is 0 Å². The Labute approximate surface area is 91.2 Å². The van der Waals surface area contributed by atoms with E-state index < -0.39 is 0 Å². The van der Waals surface area contributed by atoms with E-state index >= 15 is 0 Å². The number of hydrogen-bond donors (Lipinski definition) is 1. The van der Waals surface area contributed by atoms with E-state index in [4.69, 9.17) is 10.2 Å². The normalized spacial score (nSPS) is 26.6. The molecule has 0 spiro atoms. The van der Waals surface area contributed by atoms with Crippen LogP contribution in [-0.2, 0) is 0 Å². The summed E-state index contributed by atoms with van der Waals surface area (Å²) in [5, 5.41) is 0. The van der Waals surface area contributed by atoms with E-state index in [2.05, 4.69) is 11.9 Å². The number of furan rings is 1. The molecule has 3 nitrogen and oxygen atoms in total. The van der Waals surface area contributed by atoms with Gasteiger partial charge in [0.1, 0.15) is 5.76 Å². The van der Waals surface area contributed by atoms with Crippen molar-refractivity contribution in [1.82, 2.24) is 0 Å². The highest BCUT2D eigenvalue weighted by atomic mass is 16.4. The molecule has 2 rings (SSSR count). The minimum Gasteiger partial charge on any atom is -0.446 e. The molecular weight excluding hydrogens is 188 g/mol. The first kappa shape index (κ1) is 10.6. The van der Waals surface area contributed by atoms with Crippen molar-refractivity contribution in [3.8, 4) is 0 Å². The van der Waals surface area contributed by atoms with Gasteiger partial charge >= 0.3 is 0 Å². The van der Waals surface area contributed by atoms with E-state index in [0.29, 0.717) is 6.04 Å². The minimum atomic E-state index is 0.286. The molecule has 0 aromatic carbocycles. The van der Waals surface area contributed by atoms with Gasteiger partial charge in [0.25, 0.3) is 0 Å². The van der Waals surface area contributed by atoms with E-state index in [0.717, 1.165) is 18.1 Å². The molecule has 84 valence electrons. The van der Waals surface area contributed by atoms with E-state index in [1.165, 1.54) is 19.3 Å². The lowest BCUT2D eigenvalue weighted by molar-refractivity contribution is 0.360. The second kappa shape index (κ2) is 4.27. The highest BCUT2D eigenvalue weighted by molar-refractivity contribution is 5.37. The van der Waals surface area contributed by atoms with Crippen molar-refractivity contribution in [1.29, 1.82) is 0 Å². The number of aryl methyl sites for hydroxylation is 1. The average molecular weight is 208 g/mol. The van der Waals surface area contributed by atoms with Crippen LogP contribution in [0.15, 0.2) is 16.5 Å². The van der Waals surface area contributed by atoms with Gasteiger partial charge in [0.2, 0.25) is 0 Å². The first-order valence-corrected chi connectivity index (χ1v) is 5.73.